The van der Waals surface area contributed by atoms with Gasteiger partial charge in [0.2, 0.25) is 0 Å². The summed E-state index contributed by atoms with van der Waals surface area (Å²) in [5.41, 5.74) is 5.69. The molecule has 1 amide bonds. The van der Waals surface area contributed by atoms with Crippen LogP contribution in [-0.2, 0) is 18.9 Å². The van der Waals surface area contributed by atoms with E-state index >= 15 is 0 Å². The van der Waals surface area contributed by atoms with Gasteiger partial charge in [-0.05, 0) is 40.5 Å². The number of primary amides is 1. The highest BCUT2D eigenvalue weighted by Crippen LogP contribution is 2.52. The number of hydrogen-bond acceptors (Lipinski definition) is 5. The van der Waals surface area contributed by atoms with Crippen molar-refractivity contribution >= 4 is 6.09 Å². The van der Waals surface area contributed by atoms with Crippen LogP contribution in [0, 0.1) is 5.92 Å². The molecule has 0 aromatic rings. The van der Waals surface area contributed by atoms with Gasteiger partial charge in [-0.25, -0.2) is 4.79 Å². The predicted molar refractivity (Wildman–Crippen MR) is 86.1 cm³/mol. The SMILES string of the molecule is COC1C(OC(N)=O)CC[C@]2(CO2)C1C(C)(C)OCC=C(C)C. The third-order valence-electron chi connectivity index (χ3n) is 4.86. The molecule has 23 heavy (non-hydrogen) atoms. The van der Waals surface area contributed by atoms with Gasteiger partial charge in [-0.15, -0.1) is 0 Å². The van der Waals surface area contributed by atoms with E-state index in [-0.39, 0.29) is 23.7 Å². The molecule has 1 spiro atoms. The summed E-state index contributed by atoms with van der Waals surface area (Å²) in [6.07, 6.45) is 2.09. The van der Waals surface area contributed by atoms with Crippen molar-refractivity contribution in [1.29, 1.82) is 0 Å². The molecule has 2 N–H and O–H groups in total. The molecule has 0 bridgehead atoms. The number of nitrogens with two attached hydrogens (primary N) is 1. The van der Waals surface area contributed by atoms with Crippen LogP contribution in [0.2, 0.25) is 0 Å². The highest BCUT2D eigenvalue weighted by molar-refractivity contribution is 5.64. The summed E-state index contributed by atoms with van der Waals surface area (Å²) in [4.78, 5) is 11.2. The van der Waals surface area contributed by atoms with Crippen LogP contribution in [0.25, 0.3) is 0 Å². The van der Waals surface area contributed by atoms with Gasteiger partial charge in [0.15, 0.2) is 0 Å². The Morgan fingerprint density at radius 1 is 1.43 bits per heavy atom. The number of ether oxygens (including phenoxy) is 4. The van der Waals surface area contributed by atoms with Crippen LogP contribution in [0.5, 0.6) is 0 Å². The van der Waals surface area contributed by atoms with Crippen LogP contribution in [-0.4, -0.2) is 49.8 Å². The number of carbonyl (C=O) groups excluding carboxylic acids is 1. The van der Waals surface area contributed by atoms with E-state index in [9.17, 15) is 4.79 Å². The predicted octanol–water partition coefficient (Wildman–Crippen LogP) is 2.41. The normalized spacial score (nSPS) is 33.3. The lowest BCUT2D eigenvalue weighted by Crippen LogP contribution is -2.58. The summed E-state index contributed by atoms with van der Waals surface area (Å²) >= 11 is 0. The van der Waals surface area contributed by atoms with E-state index in [2.05, 4.69) is 0 Å². The van der Waals surface area contributed by atoms with Crippen molar-refractivity contribution in [2.45, 2.75) is 63.9 Å². The van der Waals surface area contributed by atoms with E-state index in [0.29, 0.717) is 19.6 Å². The molecular weight excluding hydrogens is 298 g/mol. The molecule has 6 nitrogen and oxygen atoms in total. The first-order chi connectivity index (χ1) is 10.7. The van der Waals surface area contributed by atoms with E-state index in [1.54, 1.807) is 7.11 Å². The second-order valence-corrected chi connectivity index (χ2v) is 7.24. The molecule has 1 saturated carbocycles. The molecule has 4 atom stereocenters. The Labute approximate surface area is 138 Å². The van der Waals surface area contributed by atoms with Gasteiger partial charge in [-0.2, -0.15) is 0 Å². The molecule has 0 aromatic carbocycles. The molecule has 0 aromatic heterocycles. The van der Waals surface area contributed by atoms with Gasteiger partial charge in [-0.3, -0.25) is 0 Å². The second kappa shape index (κ2) is 6.79. The van der Waals surface area contributed by atoms with Crippen molar-refractivity contribution < 1.29 is 23.7 Å². The number of carbonyl (C=O) groups is 1. The van der Waals surface area contributed by atoms with E-state index in [1.165, 1.54) is 5.57 Å². The van der Waals surface area contributed by atoms with Crippen LogP contribution in [0.15, 0.2) is 11.6 Å². The van der Waals surface area contributed by atoms with Crippen LogP contribution in [0.4, 0.5) is 4.79 Å². The quantitative estimate of drug-likeness (QED) is 0.598. The summed E-state index contributed by atoms with van der Waals surface area (Å²) in [6.45, 7) is 9.38. The maximum atomic E-state index is 11.2. The topological polar surface area (TPSA) is 83.3 Å². The highest BCUT2D eigenvalue weighted by atomic mass is 16.6. The molecule has 1 heterocycles. The standard InChI is InChI=1S/C17H29NO5/c1-11(2)7-9-21-16(3,4)14-13(20-5)12(23-15(18)19)6-8-17(14)10-22-17/h7,12-14H,6,8-10H2,1-5H3,(H2,18,19)/t12?,13?,14?,17-/m0/s1. The van der Waals surface area contributed by atoms with E-state index in [1.807, 2.05) is 33.8 Å². The monoisotopic (exact) mass is 327 g/mol. The van der Waals surface area contributed by atoms with Gasteiger partial charge in [-0.1, -0.05) is 11.6 Å². The number of epoxide rings is 1. The zero-order chi connectivity index (χ0) is 17.3. The average molecular weight is 327 g/mol. The lowest BCUT2D eigenvalue weighted by atomic mass is 9.68. The van der Waals surface area contributed by atoms with Crippen LogP contribution < -0.4 is 5.73 Å². The van der Waals surface area contributed by atoms with Crippen molar-refractivity contribution in [3.63, 3.8) is 0 Å². The van der Waals surface area contributed by atoms with E-state index < -0.39 is 11.7 Å². The van der Waals surface area contributed by atoms with Gasteiger partial charge in [0.05, 0.1) is 24.4 Å². The minimum Gasteiger partial charge on any atom is -0.444 e. The minimum atomic E-state index is -0.772. The number of methoxy groups -OCH3 is 1. The van der Waals surface area contributed by atoms with E-state index in [4.69, 9.17) is 24.7 Å². The average Bonchev–Trinajstić information content (AvgIpc) is 3.19. The molecule has 6 heteroatoms. The number of hydrogen-bond donors (Lipinski definition) is 1. The Balaban J connectivity index is 2.19. The molecule has 2 rings (SSSR count). The molecule has 1 aliphatic heterocycles. The fraction of sp³-hybridized carbons (Fsp3) is 0.824. The third kappa shape index (κ3) is 4.05. The fourth-order valence-electron chi connectivity index (χ4n) is 3.74. The lowest BCUT2D eigenvalue weighted by Gasteiger charge is -2.47. The third-order valence-corrected chi connectivity index (χ3v) is 4.86. The van der Waals surface area contributed by atoms with Crippen molar-refractivity contribution in [1.82, 2.24) is 0 Å². The van der Waals surface area contributed by atoms with Gasteiger partial charge in [0.25, 0.3) is 0 Å². The van der Waals surface area contributed by atoms with Gasteiger partial charge in [0.1, 0.15) is 12.2 Å². The lowest BCUT2D eigenvalue weighted by molar-refractivity contribution is -0.171. The van der Waals surface area contributed by atoms with Crippen molar-refractivity contribution in [3.05, 3.63) is 11.6 Å². The first kappa shape index (κ1) is 18.2. The summed E-state index contributed by atoms with van der Waals surface area (Å²) in [7, 11) is 1.63. The number of rotatable bonds is 6. The fourth-order valence-corrected chi connectivity index (χ4v) is 3.74. The van der Waals surface area contributed by atoms with Crippen LogP contribution in [0.1, 0.15) is 40.5 Å². The summed E-state index contributed by atoms with van der Waals surface area (Å²) < 4.78 is 22.9. The van der Waals surface area contributed by atoms with Gasteiger partial charge < -0.3 is 24.7 Å². The number of amides is 1. The molecule has 132 valence electrons. The maximum absolute atomic E-state index is 11.2. The first-order valence-corrected chi connectivity index (χ1v) is 8.12. The molecule has 2 fully saturated rings. The van der Waals surface area contributed by atoms with Crippen molar-refractivity contribution in [2.24, 2.45) is 11.7 Å². The zero-order valence-electron chi connectivity index (χ0n) is 14.8. The van der Waals surface area contributed by atoms with Crippen molar-refractivity contribution in [3.8, 4) is 0 Å². The number of allylic oxidation sites excluding steroid dienone is 1. The Hall–Kier alpha value is -1.11. The summed E-state index contributed by atoms with van der Waals surface area (Å²) in [5.74, 6) is -0.0383. The Bertz CT molecular complexity index is 466. The Morgan fingerprint density at radius 2 is 2.09 bits per heavy atom. The molecule has 1 saturated heterocycles. The largest absolute Gasteiger partial charge is 0.444 e. The zero-order valence-corrected chi connectivity index (χ0v) is 14.8. The smallest absolute Gasteiger partial charge is 0.404 e. The minimum absolute atomic E-state index is 0.0383. The molecule has 3 unspecified atom stereocenters. The highest BCUT2D eigenvalue weighted by Gasteiger charge is 2.64. The van der Waals surface area contributed by atoms with Crippen LogP contribution >= 0.6 is 0 Å². The van der Waals surface area contributed by atoms with Gasteiger partial charge >= 0.3 is 6.09 Å². The second-order valence-electron chi connectivity index (χ2n) is 7.24. The Morgan fingerprint density at radius 3 is 2.57 bits per heavy atom. The summed E-state index contributed by atoms with van der Waals surface area (Å²) in [6, 6.07) is 0. The Kier molecular flexibility index (Phi) is 5.38. The molecule has 0 radical (unpaired) electrons. The van der Waals surface area contributed by atoms with E-state index in [0.717, 1.165) is 6.42 Å². The summed E-state index contributed by atoms with van der Waals surface area (Å²) in [5, 5.41) is 0. The molecule has 1 aliphatic carbocycles. The van der Waals surface area contributed by atoms with Crippen molar-refractivity contribution in [2.75, 3.05) is 20.3 Å². The van der Waals surface area contributed by atoms with Crippen LogP contribution in [0.3, 0.4) is 0 Å². The molecular formula is C17H29NO5. The van der Waals surface area contributed by atoms with Gasteiger partial charge in [0, 0.05) is 13.0 Å². The maximum Gasteiger partial charge on any atom is 0.404 e. The first-order valence-electron chi connectivity index (χ1n) is 8.12. The molecule has 2 aliphatic rings.